The fraction of sp³-hybridized carbons (Fsp3) is 0.900. The summed E-state index contributed by atoms with van der Waals surface area (Å²) in [5.41, 5.74) is 11.0. The highest BCUT2D eigenvalue weighted by molar-refractivity contribution is 7.86. The van der Waals surface area contributed by atoms with Crippen LogP contribution in [0.3, 0.4) is 0 Å². The molecule has 0 bridgehead atoms. The van der Waals surface area contributed by atoms with Gasteiger partial charge >= 0.3 is 0 Å². The van der Waals surface area contributed by atoms with Gasteiger partial charge < -0.3 is 20.9 Å². The van der Waals surface area contributed by atoms with Crippen LogP contribution in [0.5, 0.6) is 0 Å². The number of ether oxygens (including phenoxy) is 2. The Hall–Kier alpha value is -0.500. The Balaban J connectivity index is 2.04. The van der Waals surface area contributed by atoms with Crippen LogP contribution in [0.1, 0.15) is 19.3 Å². The zero-order chi connectivity index (χ0) is 12.5. The number of carbonyl (C=O) groups is 1. The average molecular weight is 262 g/mol. The van der Waals surface area contributed by atoms with Gasteiger partial charge in [-0.1, -0.05) is 0 Å². The molecule has 1 amide bonds. The Labute approximate surface area is 102 Å². The summed E-state index contributed by atoms with van der Waals surface area (Å²) in [6.45, 7) is 1.12. The third kappa shape index (κ3) is 2.85. The number of rotatable bonds is 3. The molecule has 4 N–H and O–H groups in total. The second-order valence-corrected chi connectivity index (χ2v) is 6.20. The molecule has 2 aliphatic rings. The number of primary amides is 1. The molecule has 3 atom stereocenters. The second kappa shape index (κ2) is 5.01. The van der Waals surface area contributed by atoms with Gasteiger partial charge in [0.15, 0.2) is 5.79 Å². The smallest absolute Gasteiger partial charge is 0.230 e. The first-order valence-electron chi connectivity index (χ1n) is 5.71. The Morgan fingerprint density at radius 2 is 2.06 bits per heavy atom. The first kappa shape index (κ1) is 12.9. The standard InChI is InChI=1S/C10H18N2O4S/c11-7-1-2-10(15-3-4-16-10)5-8(7)17(14)6-9(12)13/h7-8H,1-6,11H2,(H2,12,13). The van der Waals surface area contributed by atoms with Gasteiger partial charge in [-0.15, -0.1) is 0 Å². The number of amides is 1. The quantitative estimate of drug-likeness (QED) is 0.668. The van der Waals surface area contributed by atoms with Crippen LogP contribution in [0.2, 0.25) is 0 Å². The third-order valence-electron chi connectivity index (χ3n) is 3.28. The summed E-state index contributed by atoms with van der Waals surface area (Å²) in [5.74, 6) is -1.34. The molecule has 17 heavy (non-hydrogen) atoms. The van der Waals surface area contributed by atoms with Gasteiger partial charge in [0.1, 0.15) is 5.75 Å². The largest absolute Gasteiger partial charge is 0.369 e. The van der Waals surface area contributed by atoms with Crippen LogP contribution in [0, 0.1) is 0 Å². The number of carbonyl (C=O) groups excluding carboxylic acids is 1. The molecule has 1 saturated carbocycles. The van der Waals surface area contributed by atoms with E-state index in [1.54, 1.807) is 0 Å². The molecule has 1 aliphatic heterocycles. The zero-order valence-electron chi connectivity index (χ0n) is 9.59. The van der Waals surface area contributed by atoms with Gasteiger partial charge in [0.05, 0.1) is 18.5 Å². The van der Waals surface area contributed by atoms with Crippen molar-refractivity contribution in [1.29, 1.82) is 0 Å². The zero-order valence-corrected chi connectivity index (χ0v) is 10.4. The van der Waals surface area contributed by atoms with E-state index in [1.165, 1.54) is 0 Å². The molecule has 0 aromatic carbocycles. The van der Waals surface area contributed by atoms with E-state index in [1.807, 2.05) is 0 Å². The molecular formula is C10H18N2O4S. The molecule has 2 rings (SSSR count). The van der Waals surface area contributed by atoms with Crippen LogP contribution >= 0.6 is 0 Å². The van der Waals surface area contributed by atoms with Crippen molar-refractivity contribution in [2.75, 3.05) is 19.0 Å². The van der Waals surface area contributed by atoms with E-state index >= 15 is 0 Å². The minimum absolute atomic E-state index is 0.144. The molecule has 1 saturated heterocycles. The first-order valence-corrected chi connectivity index (χ1v) is 7.10. The Kier molecular flexibility index (Phi) is 3.82. The first-order chi connectivity index (χ1) is 8.02. The minimum atomic E-state index is -1.35. The van der Waals surface area contributed by atoms with Crippen molar-refractivity contribution < 1.29 is 18.5 Å². The molecule has 6 nitrogen and oxygen atoms in total. The maximum atomic E-state index is 12.0. The normalized spacial score (nSPS) is 33.7. The van der Waals surface area contributed by atoms with Gasteiger partial charge in [0.25, 0.3) is 0 Å². The van der Waals surface area contributed by atoms with Crippen molar-refractivity contribution in [2.45, 2.75) is 36.3 Å². The highest BCUT2D eigenvalue weighted by Gasteiger charge is 2.46. The monoisotopic (exact) mass is 262 g/mol. The second-order valence-electron chi connectivity index (χ2n) is 4.54. The summed E-state index contributed by atoms with van der Waals surface area (Å²) in [7, 11) is -1.35. The van der Waals surface area contributed by atoms with Crippen molar-refractivity contribution in [2.24, 2.45) is 11.5 Å². The van der Waals surface area contributed by atoms with E-state index in [0.717, 1.165) is 6.42 Å². The van der Waals surface area contributed by atoms with Crippen molar-refractivity contribution in [1.82, 2.24) is 0 Å². The van der Waals surface area contributed by atoms with Gasteiger partial charge in [-0.2, -0.15) is 0 Å². The lowest BCUT2D eigenvalue weighted by Crippen LogP contribution is -2.51. The highest BCUT2D eigenvalue weighted by atomic mass is 32.2. The summed E-state index contributed by atoms with van der Waals surface area (Å²) in [6.07, 6.45) is 1.89. The van der Waals surface area contributed by atoms with Crippen LogP contribution in [0.15, 0.2) is 0 Å². The van der Waals surface area contributed by atoms with E-state index in [9.17, 15) is 9.00 Å². The van der Waals surface area contributed by atoms with E-state index in [-0.39, 0.29) is 17.0 Å². The molecule has 1 spiro atoms. The van der Waals surface area contributed by atoms with Crippen LogP contribution in [0.4, 0.5) is 0 Å². The van der Waals surface area contributed by atoms with Crippen LogP contribution in [-0.2, 0) is 25.1 Å². The molecule has 7 heteroatoms. The number of hydrogen-bond acceptors (Lipinski definition) is 5. The molecule has 2 fully saturated rings. The van der Waals surface area contributed by atoms with Gasteiger partial charge in [0.2, 0.25) is 5.91 Å². The molecular weight excluding hydrogens is 244 g/mol. The van der Waals surface area contributed by atoms with Crippen LogP contribution in [-0.4, -0.2) is 46.2 Å². The summed E-state index contributed by atoms with van der Waals surface area (Å²) in [5, 5.41) is -0.283. The Bertz CT molecular complexity index is 330. The molecule has 3 unspecified atom stereocenters. The van der Waals surface area contributed by atoms with Crippen molar-refractivity contribution in [3.05, 3.63) is 0 Å². The van der Waals surface area contributed by atoms with Crippen molar-refractivity contribution in [3.8, 4) is 0 Å². The highest BCUT2D eigenvalue weighted by Crippen LogP contribution is 2.37. The maximum absolute atomic E-state index is 12.0. The lowest BCUT2D eigenvalue weighted by Gasteiger charge is -2.38. The average Bonchev–Trinajstić information content (AvgIpc) is 2.70. The molecule has 0 radical (unpaired) electrons. The van der Waals surface area contributed by atoms with Gasteiger partial charge in [-0.25, -0.2) is 0 Å². The summed E-state index contributed by atoms with van der Waals surface area (Å²) < 4.78 is 23.2. The Morgan fingerprint density at radius 3 is 2.65 bits per heavy atom. The summed E-state index contributed by atoms with van der Waals surface area (Å²) in [4.78, 5) is 10.8. The fourth-order valence-corrected chi connectivity index (χ4v) is 3.89. The molecule has 0 aromatic rings. The SMILES string of the molecule is NC(=O)CS(=O)C1CC2(CCC1N)OCCO2. The lowest BCUT2D eigenvalue weighted by atomic mass is 9.90. The number of hydrogen-bond donors (Lipinski definition) is 2. The van der Waals surface area contributed by atoms with Gasteiger partial charge in [-0.05, 0) is 6.42 Å². The summed E-state index contributed by atoms with van der Waals surface area (Å²) >= 11 is 0. The van der Waals surface area contributed by atoms with E-state index in [4.69, 9.17) is 20.9 Å². The van der Waals surface area contributed by atoms with Gasteiger partial charge in [-0.3, -0.25) is 9.00 Å². The van der Waals surface area contributed by atoms with Crippen molar-refractivity contribution in [3.63, 3.8) is 0 Å². The van der Waals surface area contributed by atoms with E-state index in [2.05, 4.69) is 0 Å². The lowest BCUT2D eigenvalue weighted by molar-refractivity contribution is -0.177. The molecule has 1 aliphatic carbocycles. The summed E-state index contributed by atoms with van der Waals surface area (Å²) in [6, 6.07) is -0.186. The van der Waals surface area contributed by atoms with E-state index in [0.29, 0.717) is 26.1 Å². The van der Waals surface area contributed by atoms with Gasteiger partial charge in [0, 0.05) is 29.7 Å². The topological polar surface area (TPSA) is 105 Å². The Morgan fingerprint density at radius 1 is 1.41 bits per heavy atom. The molecule has 1 heterocycles. The molecule has 0 aromatic heterocycles. The predicted octanol–water partition coefficient (Wildman–Crippen LogP) is -1.16. The van der Waals surface area contributed by atoms with Crippen LogP contribution < -0.4 is 11.5 Å². The minimum Gasteiger partial charge on any atom is -0.369 e. The fourth-order valence-electron chi connectivity index (χ4n) is 2.43. The molecule has 98 valence electrons. The predicted molar refractivity (Wildman–Crippen MR) is 62.5 cm³/mol. The third-order valence-corrected chi connectivity index (χ3v) is 5.04. The van der Waals surface area contributed by atoms with Crippen LogP contribution in [0.25, 0.3) is 0 Å². The van der Waals surface area contributed by atoms with Crippen molar-refractivity contribution >= 4 is 16.7 Å². The maximum Gasteiger partial charge on any atom is 0.230 e. The number of nitrogens with two attached hydrogens (primary N) is 2. The van der Waals surface area contributed by atoms with E-state index < -0.39 is 22.5 Å².